The Morgan fingerprint density at radius 1 is 1.00 bits per heavy atom. The molecule has 0 saturated carbocycles. The van der Waals surface area contributed by atoms with Crippen molar-refractivity contribution < 1.29 is 8.42 Å². The number of benzene rings is 2. The predicted molar refractivity (Wildman–Crippen MR) is 122 cm³/mol. The van der Waals surface area contributed by atoms with Crippen molar-refractivity contribution in [2.24, 2.45) is 0 Å². The van der Waals surface area contributed by atoms with Crippen molar-refractivity contribution in [3.8, 4) is 11.4 Å². The number of hydrogen-bond donors (Lipinski definition) is 1. The van der Waals surface area contributed by atoms with Gasteiger partial charge in [-0.1, -0.05) is 6.07 Å². The van der Waals surface area contributed by atoms with Crippen molar-refractivity contribution in [2.45, 2.75) is 18.2 Å². The van der Waals surface area contributed by atoms with Gasteiger partial charge in [-0.05, 0) is 68.9 Å². The van der Waals surface area contributed by atoms with E-state index in [-0.39, 0.29) is 0 Å². The molecule has 2 aromatic carbocycles. The number of aromatic nitrogens is 3. The van der Waals surface area contributed by atoms with Crippen molar-refractivity contribution in [3.63, 3.8) is 0 Å². The molecule has 31 heavy (non-hydrogen) atoms. The minimum atomic E-state index is -3.54. The summed E-state index contributed by atoms with van der Waals surface area (Å²) in [4.78, 5) is 14.9. The molecule has 1 aliphatic rings. The van der Waals surface area contributed by atoms with Crippen LogP contribution in [0.15, 0.2) is 53.6 Å². The number of nitrogens with one attached hydrogen (secondary N) is 1. The zero-order valence-electron chi connectivity index (χ0n) is 17.7. The Labute approximate surface area is 181 Å². The summed E-state index contributed by atoms with van der Waals surface area (Å²) >= 11 is 0. The summed E-state index contributed by atoms with van der Waals surface area (Å²) in [5.41, 5.74) is 4.40. The first-order valence-electron chi connectivity index (χ1n) is 10.5. The summed E-state index contributed by atoms with van der Waals surface area (Å²) in [6.07, 6.45) is 2.61. The van der Waals surface area contributed by atoms with Crippen molar-refractivity contribution in [3.05, 3.63) is 54.2 Å². The highest BCUT2D eigenvalue weighted by Gasteiger charge is 2.26. The van der Waals surface area contributed by atoms with Crippen LogP contribution in [0.1, 0.15) is 12.0 Å². The number of nitrogens with zero attached hydrogens (tertiary/aromatic N) is 4. The Morgan fingerprint density at radius 2 is 1.87 bits per heavy atom. The third-order valence-electron chi connectivity index (χ3n) is 5.97. The standard InChI is InChI=1S/C23H25N5O2S/c1-16-13-17-5-3-8-24-21(17)15-19(16)23-25-20-7-6-18(14-22(20)26-23)31(29,30)28-10-4-9-27(2)11-12-28/h3,5-8,13-15H,4,9-12H2,1-2H3,(H,25,26). The van der Waals surface area contributed by atoms with Gasteiger partial charge in [-0.2, -0.15) is 4.31 Å². The Bertz CT molecular complexity index is 1380. The van der Waals surface area contributed by atoms with Crippen LogP contribution in [0.5, 0.6) is 0 Å². The average molecular weight is 436 g/mol. The minimum Gasteiger partial charge on any atom is -0.338 e. The molecule has 5 rings (SSSR count). The fourth-order valence-electron chi connectivity index (χ4n) is 4.18. The van der Waals surface area contributed by atoms with Gasteiger partial charge in [0.1, 0.15) is 5.82 Å². The second-order valence-electron chi connectivity index (χ2n) is 8.19. The van der Waals surface area contributed by atoms with Gasteiger partial charge in [0.25, 0.3) is 0 Å². The molecule has 3 heterocycles. The summed E-state index contributed by atoms with van der Waals surface area (Å²) in [5.74, 6) is 0.714. The molecule has 0 bridgehead atoms. The molecular weight excluding hydrogens is 410 g/mol. The maximum absolute atomic E-state index is 13.2. The van der Waals surface area contributed by atoms with E-state index >= 15 is 0 Å². The van der Waals surface area contributed by atoms with Crippen LogP contribution in [0.2, 0.25) is 0 Å². The molecule has 1 fully saturated rings. The van der Waals surface area contributed by atoms with E-state index < -0.39 is 10.0 Å². The number of rotatable bonds is 3. The van der Waals surface area contributed by atoms with Crippen LogP contribution in [0.3, 0.4) is 0 Å². The first kappa shape index (κ1) is 20.1. The molecule has 0 amide bonds. The number of aromatic amines is 1. The summed E-state index contributed by atoms with van der Waals surface area (Å²) in [6, 6.07) is 13.2. The Kier molecular flexibility index (Phi) is 5.00. The topological polar surface area (TPSA) is 82.2 Å². The van der Waals surface area contributed by atoms with Crippen molar-refractivity contribution in [1.29, 1.82) is 0 Å². The largest absolute Gasteiger partial charge is 0.338 e. The van der Waals surface area contributed by atoms with Crippen LogP contribution in [0.25, 0.3) is 33.3 Å². The van der Waals surface area contributed by atoms with E-state index in [0.29, 0.717) is 29.3 Å². The maximum atomic E-state index is 13.2. The van der Waals surface area contributed by atoms with Crippen molar-refractivity contribution in [1.82, 2.24) is 24.2 Å². The molecule has 7 nitrogen and oxygen atoms in total. The van der Waals surface area contributed by atoms with Crippen LogP contribution in [0, 0.1) is 6.92 Å². The van der Waals surface area contributed by atoms with E-state index in [1.807, 2.05) is 32.2 Å². The lowest BCUT2D eigenvalue weighted by molar-refractivity contribution is 0.347. The number of sulfonamides is 1. The fourth-order valence-corrected chi connectivity index (χ4v) is 5.67. The molecule has 160 valence electrons. The number of likely N-dealkylation sites (N-methyl/N-ethyl adjacent to an activating group) is 1. The molecule has 0 spiro atoms. The first-order chi connectivity index (χ1) is 14.9. The number of hydrogen-bond acceptors (Lipinski definition) is 5. The van der Waals surface area contributed by atoms with Crippen molar-refractivity contribution in [2.75, 3.05) is 33.2 Å². The molecule has 1 N–H and O–H groups in total. The van der Waals surface area contributed by atoms with Crippen LogP contribution >= 0.6 is 0 Å². The average Bonchev–Trinajstić information content (AvgIpc) is 3.05. The zero-order chi connectivity index (χ0) is 21.6. The van der Waals surface area contributed by atoms with Crippen LogP contribution in [-0.4, -0.2) is 65.8 Å². The number of imidazole rings is 1. The predicted octanol–water partition coefficient (Wildman–Crippen LogP) is 3.41. The monoisotopic (exact) mass is 435 g/mol. The van der Waals surface area contributed by atoms with Gasteiger partial charge < -0.3 is 9.88 Å². The Morgan fingerprint density at radius 3 is 2.74 bits per heavy atom. The molecule has 2 aromatic heterocycles. The number of pyridine rings is 1. The molecule has 0 aliphatic carbocycles. The zero-order valence-corrected chi connectivity index (χ0v) is 18.5. The smallest absolute Gasteiger partial charge is 0.243 e. The lowest BCUT2D eigenvalue weighted by atomic mass is 10.0. The Balaban J connectivity index is 1.53. The number of H-pyrrole nitrogens is 1. The minimum absolute atomic E-state index is 0.302. The Hall–Kier alpha value is -2.81. The summed E-state index contributed by atoms with van der Waals surface area (Å²) in [5, 5.41) is 1.08. The third-order valence-corrected chi connectivity index (χ3v) is 7.87. The molecule has 8 heteroatoms. The van der Waals surface area contributed by atoms with Gasteiger partial charge in [0.2, 0.25) is 10.0 Å². The van der Waals surface area contributed by atoms with E-state index in [0.717, 1.165) is 47.1 Å². The van der Waals surface area contributed by atoms with Gasteiger partial charge in [0.05, 0.1) is 21.4 Å². The van der Waals surface area contributed by atoms with E-state index in [9.17, 15) is 8.42 Å². The van der Waals surface area contributed by atoms with Crippen LogP contribution < -0.4 is 0 Å². The normalized spacial score (nSPS) is 16.7. The lowest BCUT2D eigenvalue weighted by Gasteiger charge is -2.20. The van der Waals surface area contributed by atoms with Crippen LogP contribution in [0.4, 0.5) is 0 Å². The van der Waals surface area contributed by atoms with Gasteiger partial charge in [-0.25, -0.2) is 13.4 Å². The summed E-state index contributed by atoms with van der Waals surface area (Å²) in [6.45, 7) is 4.75. The summed E-state index contributed by atoms with van der Waals surface area (Å²) in [7, 11) is -1.52. The number of aryl methyl sites for hydroxylation is 1. The second-order valence-corrected chi connectivity index (χ2v) is 10.1. The van der Waals surface area contributed by atoms with E-state index in [1.54, 1.807) is 28.7 Å². The highest BCUT2D eigenvalue weighted by Crippen LogP contribution is 2.29. The molecule has 0 radical (unpaired) electrons. The van der Waals surface area contributed by atoms with Gasteiger partial charge in [-0.15, -0.1) is 0 Å². The van der Waals surface area contributed by atoms with E-state index in [2.05, 4.69) is 20.9 Å². The van der Waals surface area contributed by atoms with Gasteiger partial charge in [-0.3, -0.25) is 4.98 Å². The molecular formula is C23H25N5O2S. The lowest BCUT2D eigenvalue weighted by Crippen LogP contribution is -2.34. The molecule has 1 aliphatic heterocycles. The highest BCUT2D eigenvalue weighted by molar-refractivity contribution is 7.89. The molecule has 0 unspecified atom stereocenters. The van der Waals surface area contributed by atoms with Crippen molar-refractivity contribution >= 4 is 32.0 Å². The molecule has 0 atom stereocenters. The second kappa shape index (κ2) is 7.71. The molecule has 4 aromatic rings. The van der Waals surface area contributed by atoms with E-state index in [4.69, 9.17) is 4.98 Å². The van der Waals surface area contributed by atoms with Crippen LogP contribution in [-0.2, 0) is 10.0 Å². The quantitative estimate of drug-likeness (QED) is 0.533. The van der Waals surface area contributed by atoms with Gasteiger partial charge in [0.15, 0.2) is 0 Å². The first-order valence-corrected chi connectivity index (χ1v) is 11.9. The number of fused-ring (bicyclic) bond motifs is 2. The highest BCUT2D eigenvalue weighted by atomic mass is 32.2. The van der Waals surface area contributed by atoms with Gasteiger partial charge in [0, 0.05) is 36.8 Å². The fraction of sp³-hybridized carbons (Fsp3) is 0.304. The molecule has 1 saturated heterocycles. The third kappa shape index (κ3) is 3.71. The maximum Gasteiger partial charge on any atom is 0.243 e. The summed E-state index contributed by atoms with van der Waals surface area (Å²) < 4.78 is 28.1. The van der Waals surface area contributed by atoms with Gasteiger partial charge >= 0.3 is 0 Å². The van der Waals surface area contributed by atoms with E-state index in [1.165, 1.54) is 0 Å². The SMILES string of the molecule is Cc1cc2cccnc2cc1-c1nc2ccc(S(=O)(=O)N3CCCN(C)CC3)cc2[nH]1.